The summed E-state index contributed by atoms with van der Waals surface area (Å²) in [6.07, 6.45) is 0. The van der Waals surface area contributed by atoms with E-state index in [1.54, 1.807) is 26.2 Å². The van der Waals surface area contributed by atoms with E-state index < -0.39 is 10.9 Å². The molecule has 8 heteroatoms. The normalized spacial score (nSPS) is 10.2. The highest BCUT2D eigenvalue weighted by molar-refractivity contribution is 7.98. The summed E-state index contributed by atoms with van der Waals surface area (Å²) >= 11 is 1.51. The zero-order valence-corrected chi connectivity index (χ0v) is 15.3. The van der Waals surface area contributed by atoms with Crippen molar-refractivity contribution in [2.24, 2.45) is 0 Å². The number of carbonyl (C=O) groups is 1. The number of carbonyl (C=O) groups excluding carboxylic acids is 1. The van der Waals surface area contributed by atoms with E-state index in [4.69, 9.17) is 14.2 Å². The van der Waals surface area contributed by atoms with E-state index in [9.17, 15) is 14.9 Å². The van der Waals surface area contributed by atoms with Gasteiger partial charge in [-0.15, -0.1) is 11.8 Å². The molecule has 0 spiro atoms. The zero-order chi connectivity index (χ0) is 18.9. The number of nitrogens with zero attached hydrogens (tertiary/aromatic N) is 1. The highest BCUT2D eigenvalue weighted by atomic mass is 32.2. The summed E-state index contributed by atoms with van der Waals surface area (Å²) in [6.45, 7) is 1.53. The highest BCUT2D eigenvalue weighted by Crippen LogP contribution is 2.33. The molecule has 7 nitrogen and oxygen atoms in total. The highest BCUT2D eigenvalue weighted by Gasteiger charge is 2.17. The fourth-order valence-electron chi connectivity index (χ4n) is 2.08. The minimum Gasteiger partial charge on any atom is -0.497 e. The third kappa shape index (κ3) is 5.66. The van der Waals surface area contributed by atoms with Crippen molar-refractivity contribution in [3.8, 4) is 11.5 Å². The molecule has 0 saturated heterocycles. The molecule has 0 radical (unpaired) electrons. The van der Waals surface area contributed by atoms with Crippen LogP contribution in [0.2, 0.25) is 0 Å². The quantitative estimate of drug-likeness (QED) is 0.284. The molecule has 0 saturated carbocycles. The van der Waals surface area contributed by atoms with Gasteiger partial charge in [0, 0.05) is 22.8 Å². The van der Waals surface area contributed by atoms with Gasteiger partial charge in [-0.3, -0.25) is 10.1 Å². The molecule has 0 aliphatic rings. The molecule has 26 heavy (non-hydrogen) atoms. The molecular weight excluding hydrogens is 358 g/mol. The van der Waals surface area contributed by atoms with Crippen LogP contribution in [0.5, 0.6) is 11.5 Å². The predicted molar refractivity (Wildman–Crippen MR) is 97.8 cm³/mol. The first kappa shape index (κ1) is 19.6. The van der Waals surface area contributed by atoms with Crippen molar-refractivity contribution in [2.45, 2.75) is 17.6 Å². The first-order chi connectivity index (χ1) is 12.5. The van der Waals surface area contributed by atoms with E-state index in [2.05, 4.69) is 0 Å². The van der Waals surface area contributed by atoms with Crippen molar-refractivity contribution in [3.63, 3.8) is 0 Å². The summed E-state index contributed by atoms with van der Waals surface area (Å²) < 4.78 is 15.2. The lowest BCUT2D eigenvalue weighted by atomic mass is 10.2. The Labute approximate surface area is 155 Å². The second kappa shape index (κ2) is 9.67. The molecule has 0 aliphatic carbocycles. The van der Waals surface area contributed by atoms with Crippen LogP contribution >= 0.6 is 11.8 Å². The van der Waals surface area contributed by atoms with Gasteiger partial charge in [-0.1, -0.05) is 12.1 Å². The van der Waals surface area contributed by atoms with Gasteiger partial charge in [-0.05, 0) is 30.7 Å². The number of benzene rings is 2. The Bertz CT molecular complexity index is 763. The largest absolute Gasteiger partial charge is 0.497 e. The van der Waals surface area contributed by atoms with Gasteiger partial charge in [0.15, 0.2) is 12.4 Å². The minimum atomic E-state index is -0.571. The summed E-state index contributed by atoms with van der Waals surface area (Å²) in [6, 6.07) is 12.2. The van der Waals surface area contributed by atoms with Crippen LogP contribution in [-0.4, -0.2) is 31.2 Å². The Balaban J connectivity index is 2.07. The van der Waals surface area contributed by atoms with Crippen LogP contribution in [0.3, 0.4) is 0 Å². The number of ether oxygens (including phenoxy) is 3. The zero-order valence-electron chi connectivity index (χ0n) is 14.5. The summed E-state index contributed by atoms with van der Waals surface area (Å²) in [5.74, 6) is 0.934. The number of nitro groups is 1. The molecule has 2 aromatic carbocycles. The Kier molecular flexibility index (Phi) is 7.28. The van der Waals surface area contributed by atoms with Gasteiger partial charge < -0.3 is 14.2 Å². The van der Waals surface area contributed by atoms with E-state index in [1.165, 1.54) is 17.8 Å². The van der Waals surface area contributed by atoms with E-state index in [-0.39, 0.29) is 24.7 Å². The number of hydrogen-bond acceptors (Lipinski definition) is 7. The number of rotatable bonds is 9. The predicted octanol–water partition coefficient (Wildman–Crippen LogP) is 3.84. The summed E-state index contributed by atoms with van der Waals surface area (Å²) in [5, 5.41) is 11.1. The van der Waals surface area contributed by atoms with E-state index in [0.717, 1.165) is 16.2 Å². The van der Waals surface area contributed by atoms with E-state index in [0.29, 0.717) is 5.75 Å². The van der Waals surface area contributed by atoms with Gasteiger partial charge in [-0.2, -0.15) is 0 Å². The average molecular weight is 377 g/mol. The molecule has 0 aromatic heterocycles. The maximum Gasteiger partial charge on any atom is 0.344 e. The second-order valence-electron chi connectivity index (χ2n) is 5.12. The average Bonchev–Trinajstić information content (AvgIpc) is 2.65. The molecule has 2 aromatic rings. The summed E-state index contributed by atoms with van der Waals surface area (Å²) in [7, 11) is 1.61. The van der Waals surface area contributed by atoms with Gasteiger partial charge in [-0.25, -0.2) is 4.79 Å². The maximum atomic E-state index is 11.4. The lowest BCUT2D eigenvalue weighted by Crippen LogP contribution is -2.15. The number of thioether (sulfide) groups is 1. The van der Waals surface area contributed by atoms with Crippen molar-refractivity contribution in [2.75, 3.05) is 20.3 Å². The SMILES string of the molecule is CCOC(=O)COc1cc(SCc2ccc(OC)cc2)ccc1[N+](=O)[O-]. The fraction of sp³-hybridized carbons (Fsp3) is 0.278. The van der Waals surface area contributed by atoms with Crippen LogP contribution in [0, 0.1) is 10.1 Å². The van der Waals surface area contributed by atoms with Crippen LogP contribution in [0.4, 0.5) is 5.69 Å². The van der Waals surface area contributed by atoms with Crippen molar-refractivity contribution in [3.05, 3.63) is 58.1 Å². The third-order valence-electron chi connectivity index (χ3n) is 3.34. The van der Waals surface area contributed by atoms with Crippen LogP contribution < -0.4 is 9.47 Å². The van der Waals surface area contributed by atoms with Crippen molar-refractivity contribution < 1.29 is 23.9 Å². The lowest BCUT2D eigenvalue weighted by molar-refractivity contribution is -0.385. The Morgan fingerprint density at radius 3 is 2.54 bits per heavy atom. The molecule has 0 atom stereocenters. The first-order valence-electron chi connectivity index (χ1n) is 7.86. The van der Waals surface area contributed by atoms with Crippen molar-refractivity contribution in [1.29, 1.82) is 0 Å². The molecule has 2 rings (SSSR count). The standard InChI is InChI=1S/C18H19NO6S/c1-3-24-18(20)11-25-17-10-15(8-9-16(17)19(21)22)26-12-13-4-6-14(23-2)7-5-13/h4-10H,3,11-12H2,1-2H3. The first-order valence-corrected chi connectivity index (χ1v) is 8.84. The second-order valence-corrected chi connectivity index (χ2v) is 6.17. The smallest absolute Gasteiger partial charge is 0.344 e. The van der Waals surface area contributed by atoms with E-state index in [1.807, 2.05) is 24.3 Å². The molecule has 0 bridgehead atoms. The summed E-state index contributed by atoms with van der Waals surface area (Å²) in [4.78, 5) is 22.8. The Morgan fingerprint density at radius 2 is 1.92 bits per heavy atom. The third-order valence-corrected chi connectivity index (χ3v) is 4.41. The van der Waals surface area contributed by atoms with Gasteiger partial charge in [0.1, 0.15) is 5.75 Å². The molecular formula is C18H19NO6S. The maximum absolute atomic E-state index is 11.4. The van der Waals surface area contributed by atoms with Crippen molar-refractivity contribution in [1.82, 2.24) is 0 Å². The van der Waals surface area contributed by atoms with E-state index >= 15 is 0 Å². The molecule has 0 amide bonds. The number of methoxy groups -OCH3 is 1. The Morgan fingerprint density at radius 1 is 1.19 bits per heavy atom. The number of esters is 1. The van der Waals surface area contributed by atoms with Gasteiger partial charge >= 0.3 is 11.7 Å². The van der Waals surface area contributed by atoms with Gasteiger partial charge in [0.25, 0.3) is 0 Å². The number of nitro benzene ring substituents is 1. The topological polar surface area (TPSA) is 87.9 Å². The fourth-order valence-corrected chi connectivity index (χ4v) is 2.96. The summed E-state index contributed by atoms with van der Waals surface area (Å²) in [5.41, 5.74) is 0.895. The monoisotopic (exact) mass is 377 g/mol. The lowest BCUT2D eigenvalue weighted by Gasteiger charge is -2.09. The van der Waals surface area contributed by atoms with Crippen LogP contribution in [0.1, 0.15) is 12.5 Å². The molecule has 0 fully saturated rings. The number of hydrogen-bond donors (Lipinski definition) is 0. The molecule has 138 valence electrons. The molecule has 0 unspecified atom stereocenters. The minimum absolute atomic E-state index is 0.0442. The molecule has 0 heterocycles. The Hall–Kier alpha value is -2.74. The van der Waals surface area contributed by atoms with Crippen LogP contribution in [0.15, 0.2) is 47.4 Å². The van der Waals surface area contributed by atoms with Crippen LogP contribution in [0.25, 0.3) is 0 Å². The molecule has 0 N–H and O–H groups in total. The van der Waals surface area contributed by atoms with Crippen molar-refractivity contribution >= 4 is 23.4 Å². The van der Waals surface area contributed by atoms with Gasteiger partial charge in [0.2, 0.25) is 0 Å². The van der Waals surface area contributed by atoms with Crippen LogP contribution in [-0.2, 0) is 15.3 Å². The molecule has 0 aliphatic heterocycles. The van der Waals surface area contributed by atoms with Gasteiger partial charge in [0.05, 0.1) is 18.6 Å².